The average Bonchev–Trinajstić information content (AvgIpc) is 3.13. The Kier molecular flexibility index (Phi) is 3.57. The molecule has 0 amide bonds. The predicted octanol–water partition coefficient (Wildman–Crippen LogP) is 4.99. The molecule has 1 aliphatic rings. The Labute approximate surface area is 156 Å². The lowest BCUT2D eigenvalue weighted by Crippen LogP contribution is -2.21. The van der Waals surface area contributed by atoms with Crippen molar-refractivity contribution in [3.63, 3.8) is 0 Å². The molecule has 4 heteroatoms. The van der Waals surface area contributed by atoms with Crippen LogP contribution in [0.2, 0.25) is 0 Å². The van der Waals surface area contributed by atoms with Crippen LogP contribution in [0.25, 0.3) is 22.4 Å². The van der Waals surface area contributed by atoms with Crippen LogP contribution < -0.4 is 5.73 Å². The number of nitrogens with zero attached hydrogens (tertiary/aromatic N) is 1. The summed E-state index contributed by atoms with van der Waals surface area (Å²) in [6.07, 6.45) is 1.14. The summed E-state index contributed by atoms with van der Waals surface area (Å²) in [5.74, 6) is 0.887. The second kappa shape index (κ2) is 6.09. The van der Waals surface area contributed by atoms with E-state index in [1.807, 2.05) is 54.6 Å². The lowest BCUT2D eigenvalue weighted by Gasteiger charge is -2.24. The highest BCUT2D eigenvalue weighted by Crippen LogP contribution is 2.39. The van der Waals surface area contributed by atoms with Gasteiger partial charge in [0.05, 0.1) is 22.3 Å². The van der Waals surface area contributed by atoms with Gasteiger partial charge in [0.25, 0.3) is 0 Å². The molecule has 0 unspecified atom stereocenters. The van der Waals surface area contributed by atoms with Crippen molar-refractivity contribution in [1.82, 2.24) is 4.98 Å². The first-order valence-corrected chi connectivity index (χ1v) is 9.06. The van der Waals surface area contributed by atoms with Gasteiger partial charge in [0, 0.05) is 12.0 Å². The van der Waals surface area contributed by atoms with Crippen LogP contribution in [-0.4, -0.2) is 10.8 Å². The lowest BCUT2D eigenvalue weighted by molar-refractivity contribution is 0.0964. The molecule has 0 bridgehead atoms. The molecule has 0 saturated carbocycles. The maximum Gasteiger partial charge on any atom is 0.229 e. The summed E-state index contributed by atoms with van der Waals surface area (Å²) in [7, 11) is 0. The summed E-state index contributed by atoms with van der Waals surface area (Å²) in [5, 5.41) is 0.708. The number of nitrogen functional groups attached to an aromatic ring is 1. The van der Waals surface area contributed by atoms with Gasteiger partial charge in [-0.05, 0) is 24.0 Å². The summed E-state index contributed by atoms with van der Waals surface area (Å²) >= 11 is 0. The van der Waals surface area contributed by atoms with Gasteiger partial charge in [-0.3, -0.25) is 4.79 Å². The van der Waals surface area contributed by atoms with Crippen molar-refractivity contribution in [2.45, 2.75) is 18.8 Å². The van der Waals surface area contributed by atoms with Crippen molar-refractivity contribution >= 4 is 22.6 Å². The molecule has 1 aliphatic carbocycles. The van der Waals surface area contributed by atoms with Gasteiger partial charge in [-0.15, -0.1) is 0 Å². The fourth-order valence-corrected chi connectivity index (χ4v) is 3.92. The number of hydrogen-bond acceptors (Lipinski definition) is 4. The molecule has 2 aromatic heterocycles. The number of ketones is 1. The minimum Gasteiger partial charge on any atom is -0.438 e. The normalized spacial score (nSPS) is 16.4. The van der Waals surface area contributed by atoms with E-state index in [0.717, 1.165) is 16.8 Å². The molecule has 2 N–H and O–H groups in total. The van der Waals surface area contributed by atoms with Gasteiger partial charge in [-0.1, -0.05) is 60.7 Å². The van der Waals surface area contributed by atoms with E-state index in [1.54, 1.807) is 0 Å². The minimum absolute atomic E-state index is 0.0551. The summed E-state index contributed by atoms with van der Waals surface area (Å²) in [6, 6.07) is 21.8. The van der Waals surface area contributed by atoms with Crippen LogP contribution in [0, 0.1) is 0 Å². The smallest absolute Gasteiger partial charge is 0.229 e. The molecule has 1 atom stereocenters. The Balaban J connectivity index is 1.62. The lowest BCUT2D eigenvalue weighted by atomic mass is 9.81. The molecule has 0 saturated heterocycles. The highest BCUT2D eigenvalue weighted by Gasteiger charge is 2.31. The molecule has 2 aromatic carbocycles. The Hall–Kier alpha value is -3.40. The highest BCUT2D eigenvalue weighted by molar-refractivity contribution is 6.09. The van der Waals surface area contributed by atoms with E-state index in [1.165, 1.54) is 0 Å². The van der Waals surface area contributed by atoms with E-state index in [9.17, 15) is 4.79 Å². The van der Waals surface area contributed by atoms with Crippen LogP contribution in [0.1, 0.15) is 34.0 Å². The van der Waals surface area contributed by atoms with Crippen LogP contribution in [0.3, 0.4) is 0 Å². The maximum absolute atomic E-state index is 12.9. The van der Waals surface area contributed by atoms with Crippen molar-refractivity contribution in [2.24, 2.45) is 0 Å². The van der Waals surface area contributed by atoms with E-state index in [2.05, 4.69) is 17.1 Å². The molecule has 0 radical (unpaired) electrons. The van der Waals surface area contributed by atoms with Crippen molar-refractivity contribution < 1.29 is 9.21 Å². The number of fused-ring (bicyclic) bond motifs is 2. The monoisotopic (exact) mass is 354 g/mol. The number of anilines is 1. The van der Waals surface area contributed by atoms with Gasteiger partial charge >= 0.3 is 0 Å². The number of carbonyl (C=O) groups excluding carboxylic acids is 1. The zero-order valence-corrected chi connectivity index (χ0v) is 14.7. The van der Waals surface area contributed by atoms with Gasteiger partial charge < -0.3 is 10.2 Å². The van der Waals surface area contributed by atoms with E-state index in [0.29, 0.717) is 41.0 Å². The van der Waals surface area contributed by atoms with Gasteiger partial charge in [0.2, 0.25) is 5.71 Å². The molecule has 132 valence electrons. The number of Topliss-reactive ketones (excluding diaryl/α,β-unsaturated/α-hetero) is 1. The fourth-order valence-electron chi connectivity index (χ4n) is 3.92. The van der Waals surface area contributed by atoms with Crippen LogP contribution in [0.4, 0.5) is 5.69 Å². The Morgan fingerprint density at radius 2 is 1.67 bits per heavy atom. The van der Waals surface area contributed by atoms with Crippen molar-refractivity contribution in [3.05, 3.63) is 83.6 Å². The first-order valence-electron chi connectivity index (χ1n) is 9.06. The Morgan fingerprint density at radius 1 is 0.963 bits per heavy atom. The molecule has 27 heavy (non-hydrogen) atoms. The van der Waals surface area contributed by atoms with Gasteiger partial charge in [0.1, 0.15) is 5.76 Å². The number of aromatic nitrogens is 1. The van der Waals surface area contributed by atoms with Crippen molar-refractivity contribution in [1.29, 1.82) is 0 Å². The molecule has 4 nitrogen and oxygen atoms in total. The third-order valence-electron chi connectivity index (χ3n) is 5.28. The second-order valence-electron chi connectivity index (χ2n) is 6.98. The standard InChI is InChI=1S/C23H18N2O2/c24-22-17-13-20(15-9-5-2-6-10-15)27-23(17)25-18-11-16(12-19(26)21(18)22)14-7-3-1-4-8-14/h1-10,13,16H,11-12H2,(H2,24,25)/t16-/m0/s1. The van der Waals surface area contributed by atoms with E-state index in [-0.39, 0.29) is 11.7 Å². The van der Waals surface area contributed by atoms with Crippen LogP contribution in [0.5, 0.6) is 0 Å². The van der Waals surface area contributed by atoms with E-state index >= 15 is 0 Å². The predicted molar refractivity (Wildman–Crippen MR) is 106 cm³/mol. The number of carbonyl (C=O) groups is 1. The van der Waals surface area contributed by atoms with Crippen molar-refractivity contribution in [2.75, 3.05) is 5.73 Å². The van der Waals surface area contributed by atoms with Gasteiger partial charge in [-0.2, -0.15) is 0 Å². The number of nitrogens with two attached hydrogens (primary N) is 1. The maximum atomic E-state index is 12.9. The molecule has 4 aromatic rings. The fraction of sp³-hybridized carbons (Fsp3) is 0.130. The van der Waals surface area contributed by atoms with E-state index < -0.39 is 0 Å². The highest BCUT2D eigenvalue weighted by atomic mass is 16.3. The molecule has 0 spiro atoms. The van der Waals surface area contributed by atoms with Gasteiger partial charge in [0.15, 0.2) is 5.78 Å². The molecule has 2 heterocycles. The topological polar surface area (TPSA) is 69.1 Å². The van der Waals surface area contributed by atoms with Crippen LogP contribution in [-0.2, 0) is 6.42 Å². The molecule has 0 fully saturated rings. The second-order valence-corrected chi connectivity index (χ2v) is 6.98. The van der Waals surface area contributed by atoms with E-state index in [4.69, 9.17) is 10.2 Å². The summed E-state index contributed by atoms with van der Waals surface area (Å²) in [4.78, 5) is 17.5. The third-order valence-corrected chi connectivity index (χ3v) is 5.28. The summed E-state index contributed by atoms with van der Waals surface area (Å²) in [6.45, 7) is 0. The van der Waals surface area contributed by atoms with Crippen LogP contribution >= 0.6 is 0 Å². The average molecular weight is 354 g/mol. The minimum atomic E-state index is 0.0551. The number of benzene rings is 2. The first kappa shape index (κ1) is 15.8. The number of rotatable bonds is 2. The largest absolute Gasteiger partial charge is 0.438 e. The van der Waals surface area contributed by atoms with Crippen LogP contribution in [0.15, 0.2) is 71.1 Å². The molecular weight excluding hydrogens is 336 g/mol. The quantitative estimate of drug-likeness (QED) is 0.550. The zero-order chi connectivity index (χ0) is 18.4. The number of furan rings is 1. The number of hydrogen-bond donors (Lipinski definition) is 1. The summed E-state index contributed by atoms with van der Waals surface area (Å²) in [5.41, 5.74) is 10.8. The van der Waals surface area contributed by atoms with Gasteiger partial charge in [-0.25, -0.2) is 4.98 Å². The SMILES string of the molecule is Nc1c2c(nc3oc(-c4ccccc4)cc13)C[C@H](c1ccccc1)CC2=O. The molecule has 0 aliphatic heterocycles. The zero-order valence-electron chi connectivity index (χ0n) is 14.7. The summed E-state index contributed by atoms with van der Waals surface area (Å²) < 4.78 is 5.97. The Bertz CT molecular complexity index is 1150. The molecular formula is C23H18N2O2. The molecule has 5 rings (SSSR count). The third kappa shape index (κ3) is 2.61. The number of pyridine rings is 1. The Morgan fingerprint density at radius 3 is 2.41 bits per heavy atom. The van der Waals surface area contributed by atoms with Crippen molar-refractivity contribution in [3.8, 4) is 11.3 Å². The first-order chi connectivity index (χ1) is 13.2.